The van der Waals surface area contributed by atoms with Crippen molar-refractivity contribution in [1.29, 1.82) is 0 Å². The number of rotatable bonds is 60. The zero-order valence-corrected chi connectivity index (χ0v) is 55.1. The highest BCUT2D eigenvalue weighted by Gasteiger charge is 2.51. The van der Waals surface area contributed by atoms with E-state index in [1.54, 1.807) is 6.08 Å². The van der Waals surface area contributed by atoms with Crippen LogP contribution in [0.3, 0.4) is 0 Å². The van der Waals surface area contributed by atoms with Crippen molar-refractivity contribution in [3.8, 4) is 0 Å². The summed E-state index contributed by atoms with van der Waals surface area (Å²) in [6.07, 6.45) is 56.8. The number of carbonyl (C=O) groups is 1. The van der Waals surface area contributed by atoms with Gasteiger partial charge < -0.3 is 65.1 Å². The molecule has 2 heterocycles. The van der Waals surface area contributed by atoms with E-state index in [1.165, 1.54) is 257 Å². The van der Waals surface area contributed by atoms with Gasteiger partial charge in [-0.05, 0) is 57.8 Å². The molecule has 0 bridgehead atoms. The fourth-order valence-corrected chi connectivity index (χ4v) is 12.0. The molecule has 12 atom stereocenters. The molecule has 14 nitrogen and oxygen atoms in total. The summed E-state index contributed by atoms with van der Waals surface area (Å²) in [6, 6.07) is -0.929. The first-order chi connectivity index (χ1) is 42.1. The van der Waals surface area contributed by atoms with Gasteiger partial charge in [0.25, 0.3) is 0 Å². The Morgan fingerprint density at radius 1 is 0.407 bits per heavy atom. The molecule has 14 heteroatoms. The van der Waals surface area contributed by atoms with Crippen LogP contribution >= 0.6 is 0 Å². The van der Waals surface area contributed by atoms with Crippen LogP contribution in [0.25, 0.3) is 0 Å². The van der Waals surface area contributed by atoms with E-state index < -0.39 is 86.8 Å². The van der Waals surface area contributed by atoms with Gasteiger partial charge in [-0.2, -0.15) is 0 Å². The number of nitrogens with one attached hydrogen (secondary N) is 1. The van der Waals surface area contributed by atoms with Crippen LogP contribution in [-0.2, 0) is 23.7 Å². The lowest BCUT2D eigenvalue weighted by atomic mass is 9.97. The molecule has 2 aliphatic rings. The van der Waals surface area contributed by atoms with Crippen LogP contribution in [0, 0.1) is 0 Å². The Kier molecular flexibility index (Phi) is 53.4. The van der Waals surface area contributed by atoms with Gasteiger partial charge >= 0.3 is 0 Å². The maximum Gasteiger partial charge on any atom is 0.220 e. The van der Waals surface area contributed by atoms with Gasteiger partial charge in [0, 0.05) is 6.42 Å². The van der Waals surface area contributed by atoms with Crippen molar-refractivity contribution in [3.05, 3.63) is 36.5 Å². The Labute approximate surface area is 525 Å². The van der Waals surface area contributed by atoms with E-state index in [1.807, 2.05) is 6.08 Å². The van der Waals surface area contributed by atoms with Gasteiger partial charge in [0.1, 0.15) is 48.8 Å². The van der Waals surface area contributed by atoms with Crippen LogP contribution in [0.5, 0.6) is 0 Å². The molecule has 2 aliphatic heterocycles. The summed E-state index contributed by atoms with van der Waals surface area (Å²) < 4.78 is 22.8. The molecule has 0 radical (unpaired) electrons. The second kappa shape index (κ2) is 57.1. The monoisotopic (exact) mass is 1220 g/mol. The molecule has 0 aromatic rings. The van der Waals surface area contributed by atoms with Crippen LogP contribution in [0.2, 0.25) is 0 Å². The number of allylic oxidation sites excluding steroid dienone is 5. The fourth-order valence-electron chi connectivity index (χ4n) is 12.0. The van der Waals surface area contributed by atoms with E-state index in [2.05, 4.69) is 43.5 Å². The van der Waals surface area contributed by atoms with E-state index >= 15 is 0 Å². The summed E-state index contributed by atoms with van der Waals surface area (Å²) in [7, 11) is 0. The average molecular weight is 1220 g/mol. The van der Waals surface area contributed by atoms with Crippen LogP contribution in [0.4, 0.5) is 0 Å². The van der Waals surface area contributed by atoms with Gasteiger partial charge in [0.15, 0.2) is 12.6 Å². The Morgan fingerprint density at radius 3 is 1.14 bits per heavy atom. The minimum absolute atomic E-state index is 0.244. The summed E-state index contributed by atoms with van der Waals surface area (Å²) in [4.78, 5) is 13.3. The quantitative estimate of drug-likeness (QED) is 0.0204. The van der Waals surface area contributed by atoms with Gasteiger partial charge in [-0.15, -0.1) is 0 Å². The topological polar surface area (TPSA) is 228 Å². The molecule has 0 saturated carbocycles. The van der Waals surface area contributed by atoms with Gasteiger partial charge in [-0.3, -0.25) is 4.79 Å². The summed E-state index contributed by atoms with van der Waals surface area (Å²) in [5, 5.41) is 87.2. The number of carbonyl (C=O) groups excluding carboxylic acids is 1. The summed E-state index contributed by atoms with van der Waals surface area (Å²) in [5.41, 5.74) is 0. The Hall–Kier alpha value is -1.79. The molecular weight excluding hydrogens is 1090 g/mol. The third-order valence-corrected chi connectivity index (χ3v) is 17.8. The van der Waals surface area contributed by atoms with Crippen LogP contribution in [-0.4, -0.2) is 140 Å². The molecule has 86 heavy (non-hydrogen) atoms. The second-order valence-electron chi connectivity index (χ2n) is 25.7. The predicted octanol–water partition coefficient (Wildman–Crippen LogP) is 14.9. The third kappa shape index (κ3) is 40.8. The first-order valence-electron chi connectivity index (χ1n) is 36.2. The van der Waals surface area contributed by atoms with Crippen LogP contribution in [0.1, 0.15) is 322 Å². The van der Waals surface area contributed by atoms with E-state index in [0.29, 0.717) is 12.8 Å². The molecule has 0 spiro atoms. The zero-order chi connectivity index (χ0) is 62.3. The summed E-state index contributed by atoms with van der Waals surface area (Å²) in [6.45, 7) is 2.79. The number of hydrogen-bond donors (Lipinski definition) is 9. The number of unbranched alkanes of at least 4 members (excludes halogenated alkanes) is 43. The van der Waals surface area contributed by atoms with Gasteiger partial charge in [0.05, 0.1) is 32.0 Å². The number of ether oxygens (including phenoxy) is 4. The van der Waals surface area contributed by atoms with E-state index in [0.717, 1.165) is 32.1 Å². The molecular formula is C72H135NO13. The van der Waals surface area contributed by atoms with Gasteiger partial charge in [-0.25, -0.2) is 0 Å². The van der Waals surface area contributed by atoms with Crippen molar-refractivity contribution >= 4 is 5.91 Å². The molecule has 2 fully saturated rings. The van der Waals surface area contributed by atoms with E-state index in [4.69, 9.17) is 18.9 Å². The Balaban J connectivity index is 1.54. The normalized spacial score (nSPS) is 23.6. The maximum absolute atomic E-state index is 13.3. The molecule has 1 amide bonds. The molecule has 506 valence electrons. The number of aliphatic hydroxyl groups excluding tert-OH is 8. The standard InChI is InChI=1S/C72H135NO13/c1-3-5-7-9-11-13-15-17-18-19-20-21-22-23-24-25-26-27-28-29-30-31-32-33-34-35-36-37-38-39-40-41-42-44-46-48-50-52-54-56-64(77)73-60(61(76)55-53-51-49-47-45-43-16-14-12-10-8-6-4-2)59-83-71-69(82)67(80)70(63(58-75)85-71)86-72-68(81)66(79)65(78)62(57-74)84-72/h19-20,45,47,53,55,60-63,65-72,74-76,78-82H,3-18,21-44,46,48-52,54,56-59H2,1-2H3,(H,73,77)/b20-19-,47-45+,55-53+. The SMILES string of the molecule is CCCCCCCCC/C=C/CC/C=C/C(O)C(COC1OC(CO)C(OC2OC(CO)C(O)C(O)C2O)C(O)C1O)NC(=O)CCCCCCCCCCCCCCCCCCCCCCCCCCCCC/C=C\CCCCCCCCCC. The summed E-state index contributed by atoms with van der Waals surface area (Å²) in [5.74, 6) is -0.244. The smallest absolute Gasteiger partial charge is 0.220 e. The van der Waals surface area contributed by atoms with E-state index in [-0.39, 0.29) is 18.9 Å². The number of amides is 1. The molecule has 12 unspecified atom stereocenters. The minimum atomic E-state index is -1.79. The number of aliphatic hydroxyl groups is 8. The third-order valence-electron chi connectivity index (χ3n) is 17.8. The zero-order valence-electron chi connectivity index (χ0n) is 55.1. The molecule has 0 aromatic carbocycles. The lowest BCUT2D eigenvalue weighted by molar-refractivity contribution is -0.359. The molecule has 0 aliphatic carbocycles. The van der Waals surface area contributed by atoms with Crippen molar-refractivity contribution in [3.63, 3.8) is 0 Å². The van der Waals surface area contributed by atoms with Gasteiger partial charge in [-0.1, -0.05) is 294 Å². The highest BCUT2D eigenvalue weighted by molar-refractivity contribution is 5.76. The Bertz CT molecular complexity index is 1580. The molecule has 0 aromatic heterocycles. The van der Waals surface area contributed by atoms with Gasteiger partial charge in [0.2, 0.25) is 5.91 Å². The summed E-state index contributed by atoms with van der Waals surface area (Å²) >= 11 is 0. The van der Waals surface area contributed by atoms with Crippen molar-refractivity contribution in [2.45, 2.75) is 396 Å². The second-order valence-corrected chi connectivity index (χ2v) is 25.7. The predicted molar refractivity (Wildman–Crippen MR) is 351 cm³/mol. The molecule has 2 rings (SSSR count). The molecule has 9 N–H and O–H groups in total. The van der Waals surface area contributed by atoms with Crippen molar-refractivity contribution in [2.75, 3.05) is 19.8 Å². The van der Waals surface area contributed by atoms with Crippen molar-refractivity contribution in [1.82, 2.24) is 5.32 Å². The van der Waals surface area contributed by atoms with Crippen LogP contribution < -0.4 is 5.32 Å². The Morgan fingerprint density at radius 2 is 0.744 bits per heavy atom. The number of hydrogen-bond acceptors (Lipinski definition) is 13. The lowest BCUT2D eigenvalue weighted by Gasteiger charge is -2.46. The minimum Gasteiger partial charge on any atom is -0.394 e. The first kappa shape index (κ1) is 80.3. The highest BCUT2D eigenvalue weighted by atomic mass is 16.7. The van der Waals surface area contributed by atoms with Crippen LogP contribution in [0.15, 0.2) is 36.5 Å². The average Bonchev–Trinajstić information content (AvgIpc) is 2.92. The highest BCUT2D eigenvalue weighted by Crippen LogP contribution is 2.30. The first-order valence-corrected chi connectivity index (χ1v) is 36.2. The van der Waals surface area contributed by atoms with Crippen molar-refractivity contribution < 1.29 is 64.6 Å². The largest absolute Gasteiger partial charge is 0.394 e. The van der Waals surface area contributed by atoms with E-state index in [9.17, 15) is 45.6 Å². The lowest BCUT2D eigenvalue weighted by Crippen LogP contribution is -2.65. The molecule has 2 saturated heterocycles. The fraction of sp³-hybridized carbons (Fsp3) is 0.903. The van der Waals surface area contributed by atoms with Crippen molar-refractivity contribution in [2.24, 2.45) is 0 Å². The maximum atomic E-state index is 13.3.